The minimum atomic E-state index is -4.00. The summed E-state index contributed by atoms with van der Waals surface area (Å²) in [6, 6.07) is 24.3. The zero-order valence-electron chi connectivity index (χ0n) is 20.1. The molecule has 0 radical (unpaired) electrons. The molecule has 0 aliphatic heterocycles. The molecule has 0 aliphatic carbocycles. The summed E-state index contributed by atoms with van der Waals surface area (Å²) in [5.74, 6) is 0.799. The van der Waals surface area contributed by atoms with Crippen LogP contribution in [-0.2, 0) is 16.6 Å². The zero-order valence-corrected chi connectivity index (χ0v) is 21.0. The number of hydrogen-bond donors (Lipinski definition) is 1. The summed E-state index contributed by atoms with van der Waals surface area (Å²) in [7, 11) is -4.00. The van der Waals surface area contributed by atoms with E-state index in [1.165, 1.54) is 0 Å². The van der Waals surface area contributed by atoms with Gasteiger partial charge in [-0.2, -0.15) is 0 Å². The van der Waals surface area contributed by atoms with Crippen LogP contribution in [0.4, 0.5) is 5.88 Å². The third kappa shape index (κ3) is 4.67. The molecule has 2 aromatic heterocycles. The van der Waals surface area contributed by atoms with Crippen molar-refractivity contribution in [2.45, 2.75) is 32.3 Å². The van der Waals surface area contributed by atoms with Crippen LogP contribution < -0.4 is 9.46 Å². The van der Waals surface area contributed by atoms with Crippen LogP contribution in [0.2, 0.25) is 0 Å². The standard InChI is InChI=1S/C28H25N3O4S/c1-18-15-26(24-11-7-8-12-25(24)29-18)34-17-21-13-14-23(22-9-5-4-6-10-22)27(16-21)36(32,33)31-28-19(2)20(3)30-35-28/h4-16,31H,17H2,1-3H3. The number of rotatable bonds is 7. The molecular weight excluding hydrogens is 474 g/mol. The highest BCUT2D eigenvalue weighted by atomic mass is 32.2. The molecule has 36 heavy (non-hydrogen) atoms. The lowest BCUT2D eigenvalue weighted by atomic mass is 10.0. The van der Waals surface area contributed by atoms with E-state index in [4.69, 9.17) is 9.26 Å². The molecule has 2 heterocycles. The molecule has 0 bridgehead atoms. The van der Waals surface area contributed by atoms with Crippen molar-refractivity contribution >= 4 is 26.8 Å². The summed E-state index contributed by atoms with van der Waals surface area (Å²) < 4.78 is 41.0. The van der Waals surface area contributed by atoms with E-state index in [1.54, 1.807) is 26.0 Å². The summed E-state index contributed by atoms with van der Waals surface area (Å²) in [5, 5.41) is 4.76. The highest BCUT2D eigenvalue weighted by molar-refractivity contribution is 7.92. The second-order valence-electron chi connectivity index (χ2n) is 8.59. The number of ether oxygens (including phenoxy) is 1. The van der Waals surface area contributed by atoms with Crippen molar-refractivity contribution in [1.82, 2.24) is 10.1 Å². The molecule has 5 aromatic rings. The Balaban J connectivity index is 1.53. The maximum atomic E-state index is 13.6. The van der Waals surface area contributed by atoms with Gasteiger partial charge >= 0.3 is 0 Å². The molecule has 8 heteroatoms. The number of aromatic nitrogens is 2. The van der Waals surface area contributed by atoms with Crippen LogP contribution in [0.15, 0.2) is 88.3 Å². The molecule has 0 unspecified atom stereocenters. The van der Waals surface area contributed by atoms with Crippen LogP contribution in [0.5, 0.6) is 5.75 Å². The summed E-state index contributed by atoms with van der Waals surface area (Å²) in [6.07, 6.45) is 0. The van der Waals surface area contributed by atoms with Crippen LogP contribution in [0.3, 0.4) is 0 Å². The number of pyridine rings is 1. The fourth-order valence-corrected chi connectivity index (χ4v) is 5.30. The lowest BCUT2D eigenvalue weighted by Crippen LogP contribution is -2.15. The number of hydrogen-bond acceptors (Lipinski definition) is 6. The molecule has 0 aliphatic rings. The summed E-state index contributed by atoms with van der Waals surface area (Å²) in [6.45, 7) is 5.62. The molecular formula is C28H25N3O4S. The summed E-state index contributed by atoms with van der Waals surface area (Å²) in [4.78, 5) is 4.67. The second kappa shape index (κ2) is 9.47. The van der Waals surface area contributed by atoms with Gasteiger partial charge in [0.15, 0.2) is 0 Å². The smallest absolute Gasteiger partial charge is 0.264 e. The van der Waals surface area contributed by atoms with Crippen molar-refractivity contribution in [3.8, 4) is 16.9 Å². The van der Waals surface area contributed by atoms with Gasteiger partial charge in [-0.1, -0.05) is 59.8 Å². The van der Waals surface area contributed by atoms with Gasteiger partial charge in [-0.05, 0) is 50.1 Å². The predicted molar refractivity (Wildman–Crippen MR) is 139 cm³/mol. The van der Waals surface area contributed by atoms with Gasteiger partial charge in [0.1, 0.15) is 12.4 Å². The van der Waals surface area contributed by atoms with Gasteiger partial charge in [0.25, 0.3) is 10.0 Å². The average molecular weight is 500 g/mol. The van der Waals surface area contributed by atoms with Gasteiger partial charge in [0.2, 0.25) is 5.88 Å². The van der Waals surface area contributed by atoms with Crippen molar-refractivity contribution < 1.29 is 17.7 Å². The van der Waals surface area contributed by atoms with Gasteiger partial charge in [-0.15, -0.1) is 0 Å². The number of anilines is 1. The van der Waals surface area contributed by atoms with E-state index < -0.39 is 10.0 Å². The predicted octanol–water partition coefficient (Wildman–Crippen LogP) is 6.19. The Morgan fingerprint density at radius 3 is 2.42 bits per heavy atom. The third-order valence-electron chi connectivity index (χ3n) is 6.01. The first kappa shape index (κ1) is 23.6. The first-order valence-corrected chi connectivity index (χ1v) is 12.9. The average Bonchev–Trinajstić information content (AvgIpc) is 3.19. The molecule has 0 atom stereocenters. The van der Waals surface area contributed by atoms with E-state index >= 15 is 0 Å². The molecule has 0 spiro atoms. The molecule has 182 valence electrons. The van der Waals surface area contributed by atoms with Crippen molar-refractivity contribution in [1.29, 1.82) is 0 Å². The van der Waals surface area contributed by atoms with Crippen molar-refractivity contribution in [3.05, 3.63) is 101 Å². The lowest BCUT2D eigenvalue weighted by molar-refractivity contribution is 0.309. The highest BCUT2D eigenvalue weighted by Crippen LogP contribution is 2.32. The van der Waals surface area contributed by atoms with Crippen LogP contribution >= 0.6 is 0 Å². The maximum Gasteiger partial charge on any atom is 0.264 e. The number of fused-ring (bicyclic) bond motifs is 1. The molecule has 5 rings (SSSR count). The van der Waals surface area contributed by atoms with Gasteiger partial charge in [0, 0.05) is 28.3 Å². The molecule has 0 saturated carbocycles. The summed E-state index contributed by atoms with van der Waals surface area (Å²) >= 11 is 0. The Morgan fingerprint density at radius 2 is 1.67 bits per heavy atom. The minimum Gasteiger partial charge on any atom is -0.488 e. The van der Waals surface area contributed by atoms with Crippen LogP contribution in [0, 0.1) is 20.8 Å². The zero-order chi connectivity index (χ0) is 25.3. The molecule has 0 fully saturated rings. The van der Waals surface area contributed by atoms with E-state index in [9.17, 15) is 8.42 Å². The number of nitrogens with one attached hydrogen (secondary N) is 1. The molecule has 1 N–H and O–H groups in total. The SMILES string of the molecule is Cc1cc(OCc2ccc(-c3ccccc3)c(S(=O)(=O)Nc3onc(C)c3C)c2)c2ccccc2n1. The van der Waals surface area contributed by atoms with Gasteiger partial charge in [0.05, 0.1) is 16.1 Å². The quantitative estimate of drug-likeness (QED) is 0.287. The van der Waals surface area contributed by atoms with E-state index in [0.29, 0.717) is 28.1 Å². The first-order chi connectivity index (χ1) is 17.3. The monoisotopic (exact) mass is 499 g/mol. The minimum absolute atomic E-state index is 0.104. The second-order valence-corrected chi connectivity index (χ2v) is 10.2. The Kier molecular flexibility index (Phi) is 6.20. The fraction of sp³-hybridized carbons (Fsp3) is 0.143. The molecule has 0 saturated heterocycles. The molecule has 0 amide bonds. The van der Waals surface area contributed by atoms with E-state index in [1.807, 2.05) is 73.7 Å². The van der Waals surface area contributed by atoms with E-state index in [-0.39, 0.29) is 17.4 Å². The molecule has 7 nitrogen and oxygen atoms in total. The number of benzene rings is 3. The largest absolute Gasteiger partial charge is 0.488 e. The highest BCUT2D eigenvalue weighted by Gasteiger charge is 2.23. The van der Waals surface area contributed by atoms with Crippen LogP contribution in [-0.4, -0.2) is 18.6 Å². The Bertz CT molecular complexity index is 1660. The number of nitrogens with zero attached hydrogens (tertiary/aromatic N) is 2. The first-order valence-electron chi connectivity index (χ1n) is 11.4. The number of sulfonamides is 1. The molecule has 3 aromatic carbocycles. The lowest BCUT2D eigenvalue weighted by Gasteiger charge is -2.15. The van der Waals surface area contributed by atoms with Crippen LogP contribution in [0.1, 0.15) is 22.5 Å². The maximum absolute atomic E-state index is 13.6. The van der Waals surface area contributed by atoms with E-state index in [0.717, 1.165) is 22.2 Å². The third-order valence-corrected chi connectivity index (χ3v) is 7.38. The van der Waals surface area contributed by atoms with Crippen LogP contribution in [0.25, 0.3) is 22.0 Å². The Morgan fingerprint density at radius 1 is 0.917 bits per heavy atom. The topological polar surface area (TPSA) is 94.3 Å². The number of aryl methyl sites for hydroxylation is 2. The fourth-order valence-electron chi connectivity index (χ4n) is 3.97. The normalized spacial score (nSPS) is 11.5. The van der Waals surface area contributed by atoms with Crippen molar-refractivity contribution in [3.63, 3.8) is 0 Å². The van der Waals surface area contributed by atoms with Gasteiger partial charge in [-0.25, -0.2) is 13.1 Å². The summed E-state index contributed by atoms with van der Waals surface area (Å²) in [5.41, 5.74) is 5.01. The van der Waals surface area contributed by atoms with Gasteiger partial charge < -0.3 is 9.26 Å². The van der Waals surface area contributed by atoms with Crippen molar-refractivity contribution in [2.75, 3.05) is 4.72 Å². The van der Waals surface area contributed by atoms with E-state index in [2.05, 4.69) is 14.9 Å². The Hall–Kier alpha value is -4.17. The Labute approximate surface area is 209 Å². The van der Waals surface area contributed by atoms with Gasteiger partial charge in [-0.3, -0.25) is 4.98 Å². The number of para-hydroxylation sites is 1. The van der Waals surface area contributed by atoms with Crippen molar-refractivity contribution in [2.24, 2.45) is 0 Å².